The van der Waals surface area contributed by atoms with Crippen molar-refractivity contribution in [3.8, 4) is 11.5 Å². The number of benzene rings is 1. The number of hydrogen-bond acceptors (Lipinski definition) is 5. The smallest absolute Gasteiger partial charge is 0.306 e. The predicted molar refractivity (Wildman–Crippen MR) is 58.6 cm³/mol. The second-order valence-electron chi connectivity index (χ2n) is 2.67. The minimum atomic E-state index is -3.59. The molecule has 1 aromatic rings. The Morgan fingerprint density at radius 3 is 2.40 bits per heavy atom. The summed E-state index contributed by atoms with van der Waals surface area (Å²) in [6, 6.07) is 4.74. The van der Waals surface area contributed by atoms with Gasteiger partial charge in [0.25, 0.3) is 0 Å². The molecule has 79 valence electrons. The van der Waals surface area contributed by atoms with Crippen LogP contribution in [0.25, 0.3) is 0 Å². The third kappa shape index (κ3) is 4.29. The fourth-order valence-electron chi connectivity index (χ4n) is 0.934. The zero-order valence-corrected chi connectivity index (χ0v) is 11.7. The first-order chi connectivity index (χ1) is 6.44. The Labute approximate surface area is 111 Å². The minimum absolute atomic E-state index is 0. The number of hydrogen-bond donors (Lipinski definition) is 1. The van der Waals surface area contributed by atoms with Crippen molar-refractivity contribution in [3.05, 3.63) is 18.2 Å². The summed E-state index contributed by atoms with van der Waals surface area (Å²) in [5, 5.41) is 0. The zero-order valence-electron chi connectivity index (χ0n) is 8.85. The molecule has 7 heteroatoms. The Kier molecular flexibility index (Phi) is 5.44. The van der Waals surface area contributed by atoms with Crippen molar-refractivity contribution in [2.75, 3.05) is 19.1 Å². The van der Waals surface area contributed by atoms with Crippen LogP contribution in [0.2, 0.25) is 0 Å². The van der Waals surface area contributed by atoms with Crippen molar-refractivity contribution in [2.45, 2.75) is 0 Å². The number of methoxy groups -OCH3 is 1. The Hall–Kier alpha value is -0.430. The van der Waals surface area contributed by atoms with E-state index in [2.05, 4.69) is 4.18 Å². The van der Waals surface area contributed by atoms with Crippen molar-refractivity contribution in [3.63, 3.8) is 0 Å². The summed E-state index contributed by atoms with van der Waals surface area (Å²) in [4.78, 5) is 0. The van der Waals surface area contributed by atoms with Gasteiger partial charge in [0, 0.05) is 29.6 Å². The molecular formula is C8H11NNaO4S. The first kappa shape index (κ1) is 14.6. The van der Waals surface area contributed by atoms with Gasteiger partial charge in [-0.05, 0) is 12.1 Å². The second-order valence-corrected chi connectivity index (χ2v) is 4.24. The molecule has 0 aliphatic heterocycles. The van der Waals surface area contributed by atoms with Gasteiger partial charge in [-0.3, -0.25) is 0 Å². The molecule has 15 heavy (non-hydrogen) atoms. The molecule has 0 atom stereocenters. The molecule has 0 aromatic heterocycles. The third-order valence-electron chi connectivity index (χ3n) is 1.46. The SMILES string of the molecule is COc1cccc(N)c1OS(C)(=O)=O.[Na]. The fourth-order valence-corrected chi connectivity index (χ4v) is 1.42. The number of nitrogen functional groups attached to an aromatic ring is 1. The maximum absolute atomic E-state index is 10.9. The van der Waals surface area contributed by atoms with Crippen LogP contribution in [0.4, 0.5) is 5.69 Å². The summed E-state index contributed by atoms with van der Waals surface area (Å²) < 4.78 is 31.4. The average molecular weight is 240 g/mol. The molecule has 1 aromatic carbocycles. The van der Waals surface area contributed by atoms with Crippen molar-refractivity contribution >= 4 is 45.4 Å². The third-order valence-corrected chi connectivity index (χ3v) is 1.93. The minimum Gasteiger partial charge on any atom is -0.493 e. The fraction of sp³-hybridized carbons (Fsp3) is 0.250. The second kappa shape index (κ2) is 5.60. The quantitative estimate of drug-likeness (QED) is 0.465. The van der Waals surface area contributed by atoms with Gasteiger partial charge in [-0.25, -0.2) is 0 Å². The van der Waals surface area contributed by atoms with Crippen LogP contribution in [0.3, 0.4) is 0 Å². The predicted octanol–water partition coefficient (Wildman–Crippen LogP) is 0.235. The summed E-state index contributed by atoms with van der Waals surface area (Å²) in [5.41, 5.74) is 5.75. The molecule has 0 saturated carbocycles. The standard InChI is InChI=1S/C8H11NO4S.Na/c1-12-7-5-3-4-6(9)8(7)13-14(2,10)11;/h3-5H,9H2,1-2H3;. The van der Waals surface area contributed by atoms with Crippen LogP contribution in [0.5, 0.6) is 11.5 Å². The summed E-state index contributed by atoms with van der Waals surface area (Å²) in [5.74, 6) is 0.313. The Balaban J connectivity index is 0.00000196. The number of anilines is 1. The monoisotopic (exact) mass is 240 g/mol. The number of nitrogens with two attached hydrogens (primary N) is 1. The van der Waals surface area contributed by atoms with Crippen molar-refractivity contribution < 1.29 is 17.3 Å². The number of ether oxygens (including phenoxy) is 1. The summed E-state index contributed by atoms with van der Waals surface area (Å²) in [7, 11) is -2.19. The molecule has 0 unspecified atom stereocenters. The number of rotatable bonds is 3. The molecule has 2 N–H and O–H groups in total. The van der Waals surface area contributed by atoms with E-state index in [1.54, 1.807) is 12.1 Å². The normalized spacial score (nSPS) is 10.3. The molecule has 0 aliphatic rings. The molecule has 5 nitrogen and oxygen atoms in total. The summed E-state index contributed by atoms with van der Waals surface area (Å²) in [6.45, 7) is 0. The van der Waals surface area contributed by atoms with Gasteiger partial charge in [-0.1, -0.05) is 6.07 Å². The molecule has 0 heterocycles. The molecule has 0 fully saturated rings. The number of para-hydroxylation sites is 1. The van der Waals surface area contributed by atoms with E-state index < -0.39 is 10.1 Å². The van der Waals surface area contributed by atoms with Gasteiger partial charge in [-0.2, -0.15) is 8.42 Å². The van der Waals surface area contributed by atoms with Crippen LogP contribution in [-0.4, -0.2) is 51.3 Å². The van der Waals surface area contributed by atoms with E-state index in [0.717, 1.165) is 6.26 Å². The summed E-state index contributed by atoms with van der Waals surface area (Å²) >= 11 is 0. The van der Waals surface area contributed by atoms with Gasteiger partial charge in [0.15, 0.2) is 5.75 Å². The summed E-state index contributed by atoms with van der Waals surface area (Å²) in [6.07, 6.45) is 0.943. The molecular weight excluding hydrogens is 229 g/mol. The van der Waals surface area contributed by atoms with Gasteiger partial charge in [0.2, 0.25) is 5.75 Å². The molecule has 0 saturated heterocycles. The maximum atomic E-state index is 10.9. The maximum Gasteiger partial charge on any atom is 0.306 e. The van der Waals surface area contributed by atoms with E-state index in [4.69, 9.17) is 10.5 Å². The molecule has 0 spiro atoms. The van der Waals surface area contributed by atoms with Gasteiger partial charge < -0.3 is 14.7 Å². The molecule has 1 rings (SSSR count). The van der Waals surface area contributed by atoms with Crippen LogP contribution in [0, 0.1) is 0 Å². The van der Waals surface area contributed by atoms with Crippen LogP contribution in [-0.2, 0) is 10.1 Å². The van der Waals surface area contributed by atoms with Crippen LogP contribution in [0.1, 0.15) is 0 Å². The van der Waals surface area contributed by atoms with Crippen molar-refractivity contribution in [1.29, 1.82) is 0 Å². The van der Waals surface area contributed by atoms with E-state index in [9.17, 15) is 8.42 Å². The van der Waals surface area contributed by atoms with Gasteiger partial charge in [0.05, 0.1) is 19.1 Å². The van der Waals surface area contributed by atoms with Crippen LogP contribution < -0.4 is 14.7 Å². The molecule has 0 bridgehead atoms. The van der Waals surface area contributed by atoms with Crippen LogP contribution >= 0.6 is 0 Å². The van der Waals surface area contributed by atoms with E-state index in [-0.39, 0.29) is 46.7 Å². The van der Waals surface area contributed by atoms with Gasteiger partial charge in [0.1, 0.15) is 0 Å². The van der Waals surface area contributed by atoms with E-state index in [0.29, 0.717) is 0 Å². The largest absolute Gasteiger partial charge is 0.493 e. The average Bonchev–Trinajstić information content (AvgIpc) is 2.06. The van der Waals surface area contributed by atoms with Gasteiger partial charge in [-0.15, -0.1) is 0 Å². The Morgan fingerprint density at radius 1 is 1.33 bits per heavy atom. The van der Waals surface area contributed by atoms with E-state index >= 15 is 0 Å². The first-order valence-corrected chi connectivity index (χ1v) is 5.57. The van der Waals surface area contributed by atoms with E-state index in [1.807, 2.05) is 0 Å². The Morgan fingerprint density at radius 2 is 1.93 bits per heavy atom. The molecule has 1 radical (unpaired) electrons. The van der Waals surface area contributed by atoms with Crippen LogP contribution in [0.15, 0.2) is 18.2 Å². The van der Waals surface area contributed by atoms with Crippen molar-refractivity contribution in [2.24, 2.45) is 0 Å². The van der Waals surface area contributed by atoms with E-state index in [1.165, 1.54) is 13.2 Å². The zero-order chi connectivity index (χ0) is 10.8. The molecule has 0 aliphatic carbocycles. The Bertz CT molecular complexity index is 432. The van der Waals surface area contributed by atoms with Gasteiger partial charge >= 0.3 is 10.1 Å². The topological polar surface area (TPSA) is 78.6 Å². The first-order valence-electron chi connectivity index (χ1n) is 3.76. The molecule has 0 amide bonds. The van der Waals surface area contributed by atoms with Crippen molar-refractivity contribution in [1.82, 2.24) is 0 Å².